The molecule has 1 amide bonds. The lowest BCUT2D eigenvalue weighted by Gasteiger charge is -2.46. The van der Waals surface area contributed by atoms with E-state index in [-0.39, 0.29) is 17.4 Å². The van der Waals surface area contributed by atoms with Gasteiger partial charge in [0.1, 0.15) is 5.75 Å². The molecule has 2 aliphatic carbocycles. The third kappa shape index (κ3) is 5.83. The fraction of sp³-hybridized carbons (Fsp3) is 0.559. The molecule has 0 saturated heterocycles. The Morgan fingerprint density at radius 1 is 1.14 bits per heavy atom. The zero-order valence-corrected chi connectivity index (χ0v) is 27.1. The molecule has 2 aromatic rings. The lowest BCUT2D eigenvalue weighted by molar-refractivity contribution is 0.00600. The maximum atomic E-state index is 13.4. The molecule has 1 N–H and O–H groups in total. The van der Waals surface area contributed by atoms with Crippen LogP contribution in [0.4, 0.5) is 5.69 Å². The first-order valence-corrected chi connectivity index (χ1v) is 17.5. The predicted octanol–water partition coefficient (Wildman–Crippen LogP) is 6.29. The minimum Gasteiger partial charge on any atom is -0.490 e. The van der Waals surface area contributed by atoms with Crippen LogP contribution in [0.15, 0.2) is 48.0 Å². The fourth-order valence-corrected chi connectivity index (χ4v) is 9.34. The van der Waals surface area contributed by atoms with E-state index >= 15 is 0 Å². The highest BCUT2D eigenvalue weighted by Crippen LogP contribution is 2.47. The van der Waals surface area contributed by atoms with Gasteiger partial charge in [-0.05, 0) is 117 Å². The Labute approximate surface area is 261 Å². The number of ether oxygens (including phenoxy) is 2. The van der Waals surface area contributed by atoms with E-state index < -0.39 is 21.2 Å². The van der Waals surface area contributed by atoms with Crippen molar-refractivity contribution in [3.63, 3.8) is 0 Å². The molecule has 1 saturated carbocycles. The first-order chi connectivity index (χ1) is 20.5. The van der Waals surface area contributed by atoms with Crippen LogP contribution in [-0.4, -0.2) is 52.5 Å². The number of fused-ring (bicyclic) bond motifs is 4. The fourth-order valence-electron chi connectivity index (χ4n) is 8.01. The Morgan fingerprint density at radius 2 is 1.95 bits per heavy atom. The van der Waals surface area contributed by atoms with Crippen LogP contribution in [0.5, 0.6) is 5.75 Å². The maximum Gasteiger partial charge on any atom is 0.264 e. The molecule has 0 radical (unpaired) electrons. The standard InChI is InChI=1S/C34H43ClN2O5S/c1-21-14-22(2)32(41-4)28-10-7-26(28)18-37-19-34(13-5-6-24-16-27(35)9-11-29(24)34)20-42-31-12-8-25(17-30(31)37)33(38)36-43(39,40)23(3)15-21/h8-9,11-12,14,16-17,21,23,26,28,32H,5-7,10,13,15,18-20H2,1-4H3,(H,36,38)/b22-14+/t21?,23?,26-,28+,32-,34-/m0/s1. The Hall–Kier alpha value is -2.55. The minimum atomic E-state index is -3.88. The second kappa shape index (κ2) is 11.8. The summed E-state index contributed by atoms with van der Waals surface area (Å²) in [4.78, 5) is 15.8. The summed E-state index contributed by atoms with van der Waals surface area (Å²) in [5, 5.41) is 0.0143. The zero-order valence-electron chi connectivity index (χ0n) is 25.6. The van der Waals surface area contributed by atoms with Crippen LogP contribution in [0.25, 0.3) is 0 Å². The smallest absolute Gasteiger partial charge is 0.264 e. The molecule has 2 aliphatic heterocycles. The monoisotopic (exact) mass is 626 g/mol. The summed E-state index contributed by atoms with van der Waals surface area (Å²) in [6.07, 6.45) is 7.75. The number of anilines is 1. The molecule has 2 heterocycles. The van der Waals surface area contributed by atoms with Crippen LogP contribution in [-0.2, 0) is 26.6 Å². The van der Waals surface area contributed by atoms with Crippen LogP contribution in [0.2, 0.25) is 5.02 Å². The largest absolute Gasteiger partial charge is 0.490 e. The topological polar surface area (TPSA) is 84.9 Å². The van der Waals surface area contributed by atoms with E-state index in [2.05, 4.69) is 34.8 Å². The number of carbonyl (C=O) groups excluding carboxylic acids is 1. The normalized spacial score (nSPS) is 33.5. The third-order valence-electron chi connectivity index (χ3n) is 10.3. The van der Waals surface area contributed by atoms with Crippen LogP contribution in [0.1, 0.15) is 74.4 Å². The van der Waals surface area contributed by atoms with Crippen LogP contribution < -0.4 is 14.4 Å². The molecule has 6 atom stereocenters. The average molecular weight is 627 g/mol. The number of methoxy groups -OCH3 is 1. The number of hydrogen-bond donors (Lipinski definition) is 1. The minimum absolute atomic E-state index is 0.0131. The van der Waals surface area contributed by atoms with Gasteiger partial charge in [-0.15, -0.1) is 0 Å². The summed E-state index contributed by atoms with van der Waals surface area (Å²) in [6, 6.07) is 11.5. The Bertz CT molecular complexity index is 1540. The van der Waals surface area contributed by atoms with Gasteiger partial charge < -0.3 is 14.4 Å². The zero-order chi connectivity index (χ0) is 30.5. The maximum absolute atomic E-state index is 13.4. The molecular formula is C34H43ClN2O5S. The first kappa shape index (κ1) is 30.5. The van der Waals surface area contributed by atoms with Crippen molar-refractivity contribution in [3.05, 3.63) is 69.8 Å². The van der Waals surface area contributed by atoms with Crippen molar-refractivity contribution in [3.8, 4) is 5.75 Å². The van der Waals surface area contributed by atoms with Crippen LogP contribution >= 0.6 is 11.6 Å². The van der Waals surface area contributed by atoms with Crippen molar-refractivity contribution >= 4 is 33.2 Å². The van der Waals surface area contributed by atoms with Gasteiger partial charge in [0.15, 0.2) is 0 Å². The van der Waals surface area contributed by atoms with Crippen molar-refractivity contribution in [1.29, 1.82) is 0 Å². The van der Waals surface area contributed by atoms with E-state index in [0.717, 1.165) is 67.2 Å². The van der Waals surface area contributed by atoms with Crippen molar-refractivity contribution in [1.82, 2.24) is 4.72 Å². The summed E-state index contributed by atoms with van der Waals surface area (Å²) in [7, 11) is -2.10. The van der Waals surface area contributed by atoms with E-state index in [9.17, 15) is 13.2 Å². The molecule has 0 aromatic heterocycles. The van der Waals surface area contributed by atoms with Gasteiger partial charge in [-0.1, -0.05) is 30.7 Å². The van der Waals surface area contributed by atoms with E-state index in [4.69, 9.17) is 21.1 Å². The highest BCUT2D eigenvalue weighted by atomic mass is 35.5. The van der Waals surface area contributed by atoms with Crippen molar-refractivity contribution < 1.29 is 22.7 Å². The third-order valence-corrected chi connectivity index (χ3v) is 12.3. The number of benzene rings is 2. The van der Waals surface area contributed by atoms with Gasteiger partial charge in [-0.3, -0.25) is 4.79 Å². The number of amides is 1. The molecule has 2 aromatic carbocycles. The summed E-state index contributed by atoms with van der Waals surface area (Å²) in [5.74, 6) is 0.883. The number of carbonyl (C=O) groups is 1. The van der Waals surface area contributed by atoms with Crippen molar-refractivity contribution in [2.24, 2.45) is 17.8 Å². The molecule has 43 heavy (non-hydrogen) atoms. The highest BCUT2D eigenvalue weighted by molar-refractivity contribution is 7.90. The summed E-state index contributed by atoms with van der Waals surface area (Å²) in [6.45, 7) is 7.86. The van der Waals surface area contributed by atoms with E-state index in [1.807, 2.05) is 25.1 Å². The molecule has 2 bridgehead atoms. The number of allylic oxidation sites excluding steroid dienone is 1. The first-order valence-electron chi connectivity index (χ1n) is 15.6. The lowest BCUT2D eigenvalue weighted by atomic mass is 9.67. The molecule has 1 spiro atoms. The number of sulfonamides is 1. The van der Waals surface area contributed by atoms with Gasteiger partial charge in [-0.2, -0.15) is 0 Å². The van der Waals surface area contributed by atoms with Crippen molar-refractivity contribution in [2.45, 2.75) is 76.1 Å². The molecule has 9 heteroatoms. The molecule has 6 rings (SSSR count). The Kier molecular flexibility index (Phi) is 8.33. The van der Waals surface area contributed by atoms with E-state index in [0.29, 0.717) is 30.4 Å². The Balaban J connectivity index is 1.44. The van der Waals surface area contributed by atoms with Crippen molar-refractivity contribution in [2.75, 3.05) is 31.7 Å². The number of nitrogens with one attached hydrogen (secondary N) is 1. The summed E-state index contributed by atoms with van der Waals surface area (Å²) < 4.78 is 41.5. The number of aryl methyl sites for hydroxylation is 1. The van der Waals surface area contributed by atoms with Gasteiger partial charge in [0.05, 0.1) is 23.6 Å². The van der Waals surface area contributed by atoms with Gasteiger partial charge in [-0.25, -0.2) is 13.1 Å². The molecule has 2 unspecified atom stereocenters. The second-order valence-electron chi connectivity index (χ2n) is 13.4. The number of hydrogen-bond acceptors (Lipinski definition) is 6. The second-order valence-corrected chi connectivity index (χ2v) is 15.9. The molecule has 232 valence electrons. The predicted molar refractivity (Wildman–Crippen MR) is 171 cm³/mol. The SMILES string of the molecule is CO[C@H]1/C(C)=C/C(C)CC(C)S(=O)(=O)NC(=O)c2ccc3c(c2)N(C[C@@H]2CC[C@H]21)C[C@@]1(CCCc2cc(Cl)ccc21)CO3. The molecule has 4 aliphatic rings. The number of halogens is 1. The molecule has 7 nitrogen and oxygen atoms in total. The van der Waals surface area contributed by atoms with Gasteiger partial charge in [0, 0.05) is 36.2 Å². The summed E-state index contributed by atoms with van der Waals surface area (Å²) >= 11 is 6.42. The van der Waals surface area contributed by atoms with Crippen LogP contribution in [0, 0.1) is 17.8 Å². The highest BCUT2D eigenvalue weighted by Gasteiger charge is 2.45. The van der Waals surface area contributed by atoms with Gasteiger partial charge >= 0.3 is 0 Å². The van der Waals surface area contributed by atoms with Crippen LogP contribution in [0.3, 0.4) is 0 Å². The average Bonchev–Trinajstić information content (AvgIpc) is 3.09. The number of nitrogens with zero attached hydrogens (tertiary/aromatic N) is 1. The Morgan fingerprint density at radius 3 is 2.70 bits per heavy atom. The quantitative estimate of drug-likeness (QED) is 0.375. The summed E-state index contributed by atoms with van der Waals surface area (Å²) in [5.41, 5.74) is 4.62. The van der Waals surface area contributed by atoms with E-state index in [1.54, 1.807) is 20.1 Å². The lowest BCUT2D eigenvalue weighted by Crippen LogP contribution is -2.50. The number of rotatable bonds is 1. The molecule has 1 fully saturated rings. The van der Waals surface area contributed by atoms with Gasteiger partial charge in [0.2, 0.25) is 10.0 Å². The van der Waals surface area contributed by atoms with E-state index in [1.165, 1.54) is 11.1 Å². The molecular weight excluding hydrogens is 584 g/mol. The van der Waals surface area contributed by atoms with Gasteiger partial charge in [0.25, 0.3) is 5.91 Å².